The summed E-state index contributed by atoms with van der Waals surface area (Å²) < 4.78 is 45.4. The van der Waals surface area contributed by atoms with Crippen LogP contribution in [0.2, 0.25) is 0 Å². The smallest absolute Gasteiger partial charge is 0.468 e. The van der Waals surface area contributed by atoms with E-state index >= 15 is 0 Å². The van der Waals surface area contributed by atoms with Gasteiger partial charge in [0.15, 0.2) is 0 Å². The zero-order chi connectivity index (χ0) is 38.5. The molecule has 1 heterocycles. The molecular weight excluding hydrogens is 817 g/mol. The molecule has 0 saturated heterocycles. The Kier molecular flexibility index (Phi) is 16.2. The molecule has 1 aliphatic carbocycles. The summed E-state index contributed by atoms with van der Waals surface area (Å²) in [5.41, 5.74) is 3.09. The van der Waals surface area contributed by atoms with Crippen LogP contribution in [0.3, 0.4) is 0 Å². The van der Waals surface area contributed by atoms with E-state index in [-0.39, 0.29) is 25.6 Å². The van der Waals surface area contributed by atoms with Gasteiger partial charge in [0.25, 0.3) is 0 Å². The van der Waals surface area contributed by atoms with E-state index < -0.39 is 15.2 Å². The zero-order valence-corrected chi connectivity index (χ0v) is 33.4. The summed E-state index contributed by atoms with van der Waals surface area (Å²) in [6.07, 6.45) is 13.8. The molecule has 1 aromatic heterocycles. The summed E-state index contributed by atoms with van der Waals surface area (Å²) in [7, 11) is -6.87. The molecule has 7 aromatic rings. The Morgan fingerprint density at radius 3 is 1.52 bits per heavy atom. The minimum Gasteiger partial charge on any atom is -0.468 e. The first-order valence-electron chi connectivity index (χ1n) is 18.3. The van der Waals surface area contributed by atoms with Crippen LogP contribution in [0, 0.1) is 25.7 Å². The fraction of sp³-hybridized carbons (Fsp3) is 0.130. The minimum absolute atomic E-state index is 0. The van der Waals surface area contributed by atoms with Crippen LogP contribution in [0.5, 0.6) is 5.88 Å². The first kappa shape index (κ1) is 42.7. The summed E-state index contributed by atoms with van der Waals surface area (Å²) in [6, 6.07) is 53.3. The van der Waals surface area contributed by atoms with Crippen LogP contribution in [0.1, 0.15) is 44.3 Å². The third kappa shape index (κ3) is 11.8. The van der Waals surface area contributed by atoms with Gasteiger partial charge in [-0.25, -0.2) is 0 Å². The van der Waals surface area contributed by atoms with Crippen LogP contribution in [-0.4, -0.2) is 17.5 Å². The Labute approximate surface area is 341 Å². The number of nitrogens with zero attached hydrogens (tertiary/aromatic N) is 2. The maximum atomic E-state index is 9.75. The molecule has 56 heavy (non-hydrogen) atoms. The number of benzene rings is 6. The number of rotatable bonds is 7. The average molecular weight is 859 g/mol. The molecule has 287 valence electrons. The Bertz CT molecular complexity index is 2180. The first-order valence-corrected chi connectivity index (χ1v) is 19.7. The predicted octanol–water partition coefficient (Wildman–Crippen LogP) is 12.0. The van der Waals surface area contributed by atoms with Crippen molar-refractivity contribution in [1.82, 2.24) is 10.2 Å². The van der Waals surface area contributed by atoms with Gasteiger partial charge in [-0.15, -0.1) is 10.2 Å². The van der Waals surface area contributed by atoms with Crippen LogP contribution in [-0.2, 0) is 19.5 Å². The van der Waals surface area contributed by atoms with Crippen molar-refractivity contribution < 1.29 is 41.5 Å². The van der Waals surface area contributed by atoms with Crippen molar-refractivity contribution in [3.05, 3.63) is 183 Å². The second-order valence-corrected chi connectivity index (χ2v) is 15.0. The molecule has 0 bridgehead atoms. The molecular formula is C46H41BF4N2OPRh-. The monoisotopic (exact) mass is 858 g/mol. The number of hydrogen-bond acceptors (Lipinski definition) is 3. The number of ether oxygens (including phenoxy) is 1. The van der Waals surface area contributed by atoms with Gasteiger partial charge in [0.1, 0.15) is 11.8 Å². The van der Waals surface area contributed by atoms with Crippen molar-refractivity contribution in [2.24, 2.45) is 0 Å². The number of halogens is 4. The second-order valence-electron chi connectivity index (χ2n) is 12.8. The van der Waals surface area contributed by atoms with Crippen molar-refractivity contribution in [2.45, 2.75) is 38.7 Å². The molecule has 1 aliphatic rings. The van der Waals surface area contributed by atoms with Crippen LogP contribution in [0.25, 0.3) is 32.8 Å². The van der Waals surface area contributed by atoms with E-state index in [9.17, 15) is 17.3 Å². The molecule has 0 unspecified atom stereocenters. The van der Waals surface area contributed by atoms with Crippen molar-refractivity contribution in [3.8, 4) is 17.1 Å². The third-order valence-corrected chi connectivity index (χ3v) is 11.4. The number of hydrogen-bond donors (Lipinski definition) is 0. The predicted molar refractivity (Wildman–Crippen MR) is 223 cm³/mol. The standard InChI is InChI=1S/C38H29N2OP.C8H12.BF4.Rh/c1-27(28-15-5-2-6-16-28)41-38-34-24-14-13-23-33(34)37(39-40-38)36-32-22-12-11-17-29(32)25-26-35(36)42(30-18-7-3-8-19-30)31-20-9-4-10-21-31;1-2-4-6-8-7-5-3-1;2-1(3,4)5;/h2-27H,1H3;1-2,7-8H,3-6H2;;/q;;-1;/t27-;;;/m1.../s1. The van der Waals surface area contributed by atoms with Crippen LogP contribution < -0.4 is 20.7 Å². The Morgan fingerprint density at radius 1 is 0.536 bits per heavy atom. The molecule has 8 rings (SSSR count). The van der Waals surface area contributed by atoms with E-state index in [4.69, 9.17) is 14.9 Å². The van der Waals surface area contributed by atoms with Gasteiger partial charge in [0, 0.05) is 35.8 Å². The van der Waals surface area contributed by atoms with Gasteiger partial charge in [0.2, 0.25) is 5.88 Å². The summed E-state index contributed by atoms with van der Waals surface area (Å²) >= 11 is 0. The number of aromatic nitrogens is 2. The average Bonchev–Trinajstić information content (AvgIpc) is 3.19. The van der Waals surface area contributed by atoms with E-state index in [1.807, 2.05) is 24.3 Å². The van der Waals surface area contributed by atoms with Crippen LogP contribution in [0.15, 0.2) is 152 Å². The molecule has 10 heteroatoms. The van der Waals surface area contributed by atoms with E-state index in [0.29, 0.717) is 5.88 Å². The summed E-state index contributed by atoms with van der Waals surface area (Å²) in [6.45, 7) is 2.05. The minimum atomic E-state index is -6.00. The first-order chi connectivity index (χ1) is 26.8. The maximum Gasteiger partial charge on any atom is 0.673 e. The molecule has 0 amide bonds. The van der Waals surface area contributed by atoms with E-state index in [1.54, 1.807) is 0 Å². The molecule has 3 nitrogen and oxygen atoms in total. The molecule has 0 N–H and O–H groups in total. The van der Waals surface area contributed by atoms with Crippen LogP contribution >= 0.6 is 7.92 Å². The van der Waals surface area contributed by atoms with Gasteiger partial charge in [-0.2, -0.15) is 0 Å². The van der Waals surface area contributed by atoms with Gasteiger partial charge in [-0.1, -0.05) is 146 Å². The normalized spacial score (nSPS) is 13.5. The van der Waals surface area contributed by atoms with E-state index in [2.05, 4.69) is 160 Å². The van der Waals surface area contributed by atoms with Crippen molar-refractivity contribution >= 4 is 52.6 Å². The van der Waals surface area contributed by atoms with Gasteiger partial charge in [0.05, 0.1) is 0 Å². The second kappa shape index (κ2) is 21.2. The van der Waals surface area contributed by atoms with Crippen molar-refractivity contribution in [3.63, 3.8) is 0 Å². The van der Waals surface area contributed by atoms with E-state index in [1.165, 1.54) is 52.4 Å². The van der Waals surface area contributed by atoms with Gasteiger partial charge >= 0.3 is 7.25 Å². The van der Waals surface area contributed by atoms with Gasteiger partial charge in [-0.05, 0) is 105 Å². The van der Waals surface area contributed by atoms with E-state index in [0.717, 1.165) is 27.6 Å². The summed E-state index contributed by atoms with van der Waals surface area (Å²) in [5, 5.41) is 17.8. The summed E-state index contributed by atoms with van der Waals surface area (Å²) in [4.78, 5) is 0. The fourth-order valence-corrected chi connectivity index (χ4v) is 8.91. The molecule has 0 aliphatic heterocycles. The molecule has 5 radical (unpaired) electrons. The molecule has 6 aromatic carbocycles. The quantitative estimate of drug-likeness (QED) is 0.0910. The Hall–Kier alpha value is -4.44. The molecule has 1 atom stereocenters. The van der Waals surface area contributed by atoms with Gasteiger partial charge in [-0.3, -0.25) is 0 Å². The largest absolute Gasteiger partial charge is 0.673 e. The van der Waals surface area contributed by atoms with Crippen LogP contribution in [0.4, 0.5) is 17.3 Å². The third-order valence-electron chi connectivity index (χ3n) is 8.96. The molecule has 1 saturated carbocycles. The molecule has 1 fully saturated rings. The summed E-state index contributed by atoms with van der Waals surface area (Å²) in [5.74, 6) is 0.542. The zero-order valence-electron chi connectivity index (χ0n) is 30.8. The maximum absolute atomic E-state index is 9.75. The topological polar surface area (TPSA) is 35.0 Å². The van der Waals surface area contributed by atoms with Crippen molar-refractivity contribution in [1.29, 1.82) is 0 Å². The molecule has 0 spiro atoms. The number of fused-ring (bicyclic) bond motifs is 2. The van der Waals surface area contributed by atoms with Gasteiger partial charge < -0.3 is 22.0 Å². The SMILES string of the molecule is C[C@@H](Oc1nnc(-c2c(P(c3ccccc3)c3ccccc3)ccc3ccccc23)c2ccccc12)c1ccccc1.F[B-](F)(F)F.[CH]1[CH]CC[CH][CH]CC1.[Rh]. The Balaban J connectivity index is 0.000000367. The Morgan fingerprint density at radius 2 is 0.982 bits per heavy atom. The van der Waals surface area contributed by atoms with Crippen molar-refractivity contribution in [2.75, 3.05) is 0 Å². The fourth-order valence-electron chi connectivity index (χ4n) is 6.44.